The van der Waals surface area contributed by atoms with Crippen LogP contribution in [0.15, 0.2) is 18.3 Å². The van der Waals surface area contributed by atoms with Crippen LogP contribution in [0.3, 0.4) is 0 Å². The minimum Gasteiger partial charge on any atom is -0.262 e. The Morgan fingerprint density at radius 3 is 3.09 bits per heavy atom. The summed E-state index contributed by atoms with van der Waals surface area (Å²) in [6.07, 6.45) is 1.76. The van der Waals surface area contributed by atoms with Crippen molar-refractivity contribution in [1.29, 1.82) is 0 Å². The summed E-state index contributed by atoms with van der Waals surface area (Å²) in [5, 5.41) is 0. The summed E-state index contributed by atoms with van der Waals surface area (Å²) in [5.74, 6) is 6.45. The number of hydrogen-bond donors (Lipinski definition) is 1. The molecule has 0 aliphatic heterocycles. The lowest BCUT2D eigenvalue weighted by molar-refractivity contribution is 1.19. The number of aromatic nitrogens is 1. The molecule has 0 aliphatic rings. The third kappa shape index (κ3) is 2.65. The Morgan fingerprint density at radius 2 is 2.45 bits per heavy atom. The van der Waals surface area contributed by atoms with Crippen molar-refractivity contribution < 1.29 is 0 Å². The molecule has 0 amide bonds. The van der Waals surface area contributed by atoms with Crippen molar-refractivity contribution >= 4 is 12.6 Å². The first-order valence-corrected chi connectivity index (χ1v) is 3.98. The zero-order valence-electron chi connectivity index (χ0n) is 6.33. The van der Waals surface area contributed by atoms with Crippen LogP contribution in [0.2, 0.25) is 0 Å². The Labute approximate surface area is 72.3 Å². The van der Waals surface area contributed by atoms with Gasteiger partial charge >= 0.3 is 0 Å². The molecular formula is C9H9NS. The molecule has 56 valence electrons. The second-order valence-corrected chi connectivity index (χ2v) is 2.46. The molecular weight excluding hydrogens is 154 g/mol. The van der Waals surface area contributed by atoms with Crippen LogP contribution >= 0.6 is 12.6 Å². The van der Waals surface area contributed by atoms with Crippen molar-refractivity contribution in [3.63, 3.8) is 0 Å². The summed E-state index contributed by atoms with van der Waals surface area (Å²) < 4.78 is 0. The summed E-state index contributed by atoms with van der Waals surface area (Å²) in [6.45, 7) is 1.95. The molecule has 11 heavy (non-hydrogen) atoms. The van der Waals surface area contributed by atoms with E-state index in [1.807, 2.05) is 19.1 Å². The normalized spacial score (nSPS) is 8.55. The van der Waals surface area contributed by atoms with Gasteiger partial charge in [0.1, 0.15) is 0 Å². The van der Waals surface area contributed by atoms with Gasteiger partial charge in [0.15, 0.2) is 0 Å². The van der Waals surface area contributed by atoms with Gasteiger partial charge in [-0.05, 0) is 19.1 Å². The van der Waals surface area contributed by atoms with Crippen LogP contribution in [0.5, 0.6) is 0 Å². The fourth-order valence-electron chi connectivity index (χ4n) is 0.765. The highest BCUT2D eigenvalue weighted by molar-refractivity contribution is 7.80. The topological polar surface area (TPSA) is 12.9 Å². The summed E-state index contributed by atoms with van der Waals surface area (Å²) in [4.78, 5) is 4.06. The van der Waals surface area contributed by atoms with Crippen LogP contribution < -0.4 is 0 Å². The van der Waals surface area contributed by atoms with E-state index in [1.54, 1.807) is 6.20 Å². The lowest BCUT2D eigenvalue weighted by Crippen LogP contribution is -1.81. The molecule has 1 aromatic heterocycles. The molecule has 0 aliphatic carbocycles. The number of thiol groups is 1. The fraction of sp³-hybridized carbons (Fsp3) is 0.222. The van der Waals surface area contributed by atoms with Crippen molar-refractivity contribution in [2.24, 2.45) is 0 Å². The minimum absolute atomic E-state index is 0.599. The van der Waals surface area contributed by atoms with Gasteiger partial charge in [0, 0.05) is 17.5 Å². The maximum absolute atomic E-state index is 4.06. The number of hydrogen-bond acceptors (Lipinski definition) is 2. The first-order valence-electron chi connectivity index (χ1n) is 3.35. The van der Waals surface area contributed by atoms with E-state index in [9.17, 15) is 0 Å². The highest BCUT2D eigenvalue weighted by Crippen LogP contribution is 1.97. The molecule has 0 N–H and O–H groups in total. The van der Waals surface area contributed by atoms with Crippen molar-refractivity contribution in [2.75, 3.05) is 5.75 Å². The van der Waals surface area contributed by atoms with E-state index in [0.717, 1.165) is 11.3 Å². The highest BCUT2D eigenvalue weighted by atomic mass is 32.1. The second kappa shape index (κ2) is 4.05. The Morgan fingerprint density at radius 1 is 1.64 bits per heavy atom. The number of pyridine rings is 1. The quantitative estimate of drug-likeness (QED) is 0.453. The van der Waals surface area contributed by atoms with Gasteiger partial charge in [-0.25, -0.2) is 0 Å². The van der Waals surface area contributed by atoms with Gasteiger partial charge in [0.25, 0.3) is 0 Å². The van der Waals surface area contributed by atoms with E-state index >= 15 is 0 Å². The molecule has 0 spiro atoms. The number of rotatable bonds is 0. The van der Waals surface area contributed by atoms with Crippen LogP contribution in [0.1, 0.15) is 11.3 Å². The molecule has 0 saturated heterocycles. The molecule has 0 fully saturated rings. The van der Waals surface area contributed by atoms with Crippen molar-refractivity contribution in [2.45, 2.75) is 6.92 Å². The molecule has 0 unspecified atom stereocenters. The van der Waals surface area contributed by atoms with E-state index in [2.05, 4.69) is 29.5 Å². The average molecular weight is 163 g/mol. The Bertz CT molecular complexity index is 296. The van der Waals surface area contributed by atoms with Crippen LogP contribution in [-0.2, 0) is 0 Å². The van der Waals surface area contributed by atoms with Gasteiger partial charge in [0.05, 0.1) is 5.75 Å². The molecule has 0 atom stereocenters. The van der Waals surface area contributed by atoms with Crippen molar-refractivity contribution in [3.05, 3.63) is 29.6 Å². The first-order chi connectivity index (χ1) is 5.33. The van der Waals surface area contributed by atoms with Crippen LogP contribution in [0.25, 0.3) is 0 Å². The lowest BCUT2D eigenvalue weighted by Gasteiger charge is -1.90. The highest BCUT2D eigenvalue weighted by Gasteiger charge is 1.86. The second-order valence-electron chi connectivity index (χ2n) is 2.15. The zero-order valence-corrected chi connectivity index (χ0v) is 7.23. The summed E-state index contributed by atoms with van der Waals surface area (Å²) in [6, 6.07) is 3.85. The summed E-state index contributed by atoms with van der Waals surface area (Å²) in [7, 11) is 0. The number of aryl methyl sites for hydroxylation is 1. The van der Waals surface area contributed by atoms with Gasteiger partial charge in [-0.3, -0.25) is 4.98 Å². The number of nitrogens with zero attached hydrogens (tertiary/aromatic N) is 1. The smallest absolute Gasteiger partial charge is 0.0521 e. The summed E-state index contributed by atoms with van der Waals surface area (Å²) >= 11 is 3.99. The monoisotopic (exact) mass is 163 g/mol. The van der Waals surface area contributed by atoms with Crippen molar-refractivity contribution in [1.82, 2.24) is 4.98 Å². The fourth-order valence-corrected chi connectivity index (χ4v) is 0.844. The van der Waals surface area contributed by atoms with Gasteiger partial charge in [-0.1, -0.05) is 11.8 Å². The van der Waals surface area contributed by atoms with E-state index < -0.39 is 0 Å². The zero-order chi connectivity index (χ0) is 8.10. The standard InChI is InChI=1S/C9H9NS/c1-8-7-9(3-2-6-11)4-5-10-8/h4-5,7,11H,6H2,1H3. The van der Waals surface area contributed by atoms with Gasteiger partial charge in [0.2, 0.25) is 0 Å². The SMILES string of the molecule is Cc1cc(C#CCS)ccn1. The molecule has 1 aromatic rings. The van der Waals surface area contributed by atoms with Crippen LogP contribution in [-0.4, -0.2) is 10.7 Å². The molecule has 0 radical (unpaired) electrons. The third-order valence-corrected chi connectivity index (χ3v) is 1.37. The van der Waals surface area contributed by atoms with E-state index in [-0.39, 0.29) is 0 Å². The molecule has 1 heterocycles. The van der Waals surface area contributed by atoms with E-state index in [4.69, 9.17) is 0 Å². The third-order valence-electron chi connectivity index (χ3n) is 1.21. The van der Waals surface area contributed by atoms with Crippen molar-refractivity contribution in [3.8, 4) is 11.8 Å². The van der Waals surface area contributed by atoms with E-state index in [0.29, 0.717) is 5.75 Å². The molecule has 0 aromatic carbocycles. The Balaban J connectivity index is 2.87. The van der Waals surface area contributed by atoms with Gasteiger partial charge in [-0.15, -0.1) is 0 Å². The van der Waals surface area contributed by atoms with Gasteiger partial charge < -0.3 is 0 Å². The molecule has 0 bridgehead atoms. The summed E-state index contributed by atoms with van der Waals surface area (Å²) in [5.41, 5.74) is 2.00. The molecule has 0 saturated carbocycles. The predicted octanol–water partition coefficient (Wildman–Crippen LogP) is 1.67. The molecule has 1 nitrogen and oxygen atoms in total. The van der Waals surface area contributed by atoms with E-state index in [1.165, 1.54) is 0 Å². The minimum atomic E-state index is 0.599. The maximum atomic E-state index is 4.06. The first kappa shape index (κ1) is 8.16. The molecule has 1 rings (SSSR count). The van der Waals surface area contributed by atoms with Crippen LogP contribution in [0, 0.1) is 18.8 Å². The largest absolute Gasteiger partial charge is 0.262 e. The Hall–Kier alpha value is -0.940. The Kier molecular flexibility index (Phi) is 3.00. The van der Waals surface area contributed by atoms with Crippen LogP contribution in [0.4, 0.5) is 0 Å². The van der Waals surface area contributed by atoms with Gasteiger partial charge in [-0.2, -0.15) is 12.6 Å². The maximum Gasteiger partial charge on any atom is 0.0521 e. The average Bonchev–Trinajstić information content (AvgIpc) is 2.01. The predicted molar refractivity (Wildman–Crippen MR) is 49.7 cm³/mol. The molecule has 2 heteroatoms. The lowest BCUT2D eigenvalue weighted by atomic mass is 10.2.